The van der Waals surface area contributed by atoms with Gasteiger partial charge in [0.2, 0.25) is 0 Å². The molecule has 69 heavy (non-hydrogen) atoms. The maximum atomic E-state index is 5.41. The van der Waals surface area contributed by atoms with E-state index in [0.29, 0.717) is 34.9 Å². The Balaban J connectivity index is 1.04. The average Bonchev–Trinajstić information content (AvgIpc) is 3.42. The molecule has 0 saturated carbocycles. The fraction of sp³-hybridized carbons (Fsp3) is 0.0159. The number of aromatic nitrogens is 6. The van der Waals surface area contributed by atoms with Crippen molar-refractivity contribution in [3.05, 3.63) is 230 Å². The second-order valence-corrected chi connectivity index (χ2v) is 17.7. The van der Waals surface area contributed by atoms with Crippen LogP contribution >= 0.6 is 0 Å². The van der Waals surface area contributed by atoms with Gasteiger partial charge < -0.3 is 0 Å². The van der Waals surface area contributed by atoms with Crippen LogP contribution in [0.4, 0.5) is 0 Å². The number of nitrogens with zero attached hydrogens (tertiary/aromatic N) is 6. The molecule has 6 heteroatoms. The fourth-order valence-electron chi connectivity index (χ4n) is 10.6. The van der Waals surface area contributed by atoms with Crippen LogP contribution in [0.15, 0.2) is 218 Å². The molecule has 0 bridgehead atoms. The van der Waals surface area contributed by atoms with Gasteiger partial charge in [0.1, 0.15) is 11.6 Å². The van der Waals surface area contributed by atoms with Crippen molar-refractivity contribution in [3.8, 4) is 45.6 Å². The zero-order chi connectivity index (χ0) is 45.4. The Morgan fingerprint density at radius 3 is 0.652 bits per heavy atom. The van der Waals surface area contributed by atoms with Crippen LogP contribution in [0, 0.1) is 0 Å². The first kappa shape index (κ1) is 39.0. The van der Waals surface area contributed by atoms with Crippen molar-refractivity contribution in [1.82, 2.24) is 29.9 Å². The summed E-state index contributed by atoms with van der Waals surface area (Å²) in [6, 6.07) is 77.0. The fourth-order valence-corrected chi connectivity index (χ4v) is 10.6. The molecule has 0 fully saturated rings. The van der Waals surface area contributed by atoms with Gasteiger partial charge >= 0.3 is 0 Å². The third-order valence-corrected chi connectivity index (χ3v) is 13.7. The molecule has 0 aliphatic carbocycles. The highest BCUT2D eigenvalue weighted by Gasteiger charge is 2.21. The van der Waals surface area contributed by atoms with Gasteiger partial charge in [0.25, 0.3) is 0 Å². The number of hydrogen-bond donors (Lipinski definition) is 0. The van der Waals surface area contributed by atoms with Gasteiger partial charge in [-0.2, -0.15) is 0 Å². The SMILES string of the molecule is c1ccc2c(c1)cc(-c1nc(Cc3nc(-c4cc5ccccc5c5ccccc45)nc(-c4cc5ccccc5c5ccccc45)n3)nc(-c3cc4ccccc4c4ccccc34)n1)c1ccccc12. The Hall–Kier alpha value is -9.26. The minimum Gasteiger partial charge on any atom is -0.213 e. The van der Waals surface area contributed by atoms with E-state index in [-0.39, 0.29) is 6.42 Å². The van der Waals surface area contributed by atoms with E-state index in [9.17, 15) is 0 Å². The van der Waals surface area contributed by atoms with E-state index in [4.69, 9.17) is 29.9 Å². The lowest BCUT2D eigenvalue weighted by molar-refractivity contribution is 0.862. The minimum atomic E-state index is 0.221. The minimum absolute atomic E-state index is 0.221. The molecule has 6 nitrogen and oxygen atoms in total. The molecule has 0 aliphatic heterocycles. The molecule has 0 spiro atoms. The Morgan fingerprint density at radius 2 is 0.406 bits per heavy atom. The summed E-state index contributed by atoms with van der Waals surface area (Å²) in [5, 5.41) is 18.0. The van der Waals surface area contributed by atoms with E-state index in [1.807, 2.05) is 0 Å². The lowest BCUT2D eigenvalue weighted by Gasteiger charge is -2.15. The standard InChI is InChI=1S/C63H38N6/c1-5-21-42-38(17-1)33-54(50-29-13-9-25-46(42)50)60-64-58(65-61(68-60)55-34-39-18-2-6-22-43(39)47-26-10-14-30-51(47)55)37-59-66-62(56-35-40-19-3-7-23-44(40)48-27-11-15-31-52(48)56)69-63(67-59)57-36-41-20-4-8-24-45(41)49-28-12-16-32-53(49)57/h1-36H,37H2. The van der Waals surface area contributed by atoms with Crippen LogP contribution in [-0.2, 0) is 6.42 Å². The molecule has 0 aliphatic rings. The van der Waals surface area contributed by atoms with Crippen molar-refractivity contribution in [3.63, 3.8) is 0 Å². The van der Waals surface area contributed by atoms with Gasteiger partial charge in [0.15, 0.2) is 23.3 Å². The van der Waals surface area contributed by atoms with E-state index < -0.39 is 0 Å². The van der Waals surface area contributed by atoms with Gasteiger partial charge in [-0.15, -0.1) is 0 Å². The number of fused-ring (bicyclic) bond motifs is 12. The van der Waals surface area contributed by atoms with Crippen LogP contribution in [0.3, 0.4) is 0 Å². The summed E-state index contributed by atoms with van der Waals surface area (Å²) >= 11 is 0. The van der Waals surface area contributed by atoms with Gasteiger partial charge in [-0.3, -0.25) is 0 Å². The van der Waals surface area contributed by atoms with Crippen LogP contribution in [0.2, 0.25) is 0 Å². The van der Waals surface area contributed by atoms with E-state index >= 15 is 0 Å². The molecule has 2 heterocycles. The van der Waals surface area contributed by atoms with Gasteiger partial charge in [-0.1, -0.05) is 194 Å². The smallest absolute Gasteiger partial charge is 0.164 e. The number of rotatable bonds is 6. The lowest BCUT2D eigenvalue weighted by Crippen LogP contribution is -2.09. The summed E-state index contributed by atoms with van der Waals surface area (Å²) in [6.07, 6.45) is 0.221. The second kappa shape index (κ2) is 15.7. The maximum absolute atomic E-state index is 5.41. The Morgan fingerprint density at radius 1 is 0.203 bits per heavy atom. The largest absolute Gasteiger partial charge is 0.213 e. The van der Waals surface area contributed by atoms with Crippen molar-refractivity contribution in [1.29, 1.82) is 0 Å². The van der Waals surface area contributed by atoms with E-state index in [0.717, 1.165) is 86.9 Å². The number of benzene rings is 12. The number of hydrogen-bond acceptors (Lipinski definition) is 6. The van der Waals surface area contributed by atoms with Crippen molar-refractivity contribution < 1.29 is 0 Å². The summed E-state index contributed by atoms with van der Waals surface area (Å²) in [5.74, 6) is 3.46. The summed E-state index contributed by atoms with van der Waals surface area (Å²) < 4.78 is 0. The maximum Gasteiger partial charge on any atom is 0.164 e. The van der Waals surface area contributed by atoms with Crippen LogP contribution in [0.1, 0.15) is 11.6 Å². The van der Waals surface area contributed by atoms with Crippen molar-refractivity contribution in [2.45, 2.75) is 6.42 Å². The molecule has 12 aromatic carbocycles. The predicted molar refractivity (Wildman–Crippen MR) is 284 cm³/mol. The zero-order valence-electron chi connectivity index (χ0n) is 37.2. The van der Waals surface area contributed by atoms with E-state index in [2.05, 4.69) is 218 Å². The molecule has 0 atom stereocenters. The molecule has 320 valence electrons. The van der Waals surface area contributed by atoms with Gasteiger partial charge in [-0.05, 0) is 110 Å². The van der Waals surface area contributed by atoms with Crippen molar-refractivity contribution in [2.24, 2.45) is 0 Å². The first-order chi connectivity index (χ1) is 34.2. The summed E-state index contributed by atoms with van der Waals surface area (Å²) in [6.45, 7) is 0. The van der Waals surface area contributed by atoms with Crippen LogP contribution in [-0.4, -0.2) is 29.9 Å². The Bertz CT molecular complexity index is 3870. The Kier molecular flexibility index (Phi) is 8.86. The Labute approximate surface area is 396 Å². The third-order valence-electron chi connectivity index (χ3n) is 13.7. The van der Waals surface area contributed by atoms with Crippen molar-refractivity contribution >= 4 is 86.2 Å². The molecule has 0 radical (unpaired) electrons. The quantitative estimate of drug-likeness (QED) is 0.155. The third kappa shape index (κ3) is 6.49. The van der Waals surface area contributed by atoms with Crippen molar-refractivity contribution in [2.75, 3.05) is 0 Å². The monoisotopic (exact) mass is 878 g/mol. The molecule has 14 aromatic rings. The highest BCUT2D eigenvalue weighted by atomic mass is 15.1. The van der Waals surface area contributed by atoms with E-state index in [1.54, 1.807) is 0 Å². The molecule has 0 unspecified atom stereocenters. The highest BCUT2D eigenvalue weighted by molar-refractivity contribution is 6.16. The van der Waals surface area contributed by atoms with Crippen LogP contribution in [0.5, 0.6) is 0 Å². The summed E-state index contributed by atoms with van der Waals surface area (Å²) in [4.78, 5) is 32.4. The van der Waals surface area contributed by atoms with Crippen LogP contribution < -0.4 is 0 Å². The second-order valence-electron chi connectivity index (χ2n) is 17.7. The summed E-state index contributed by atoms with van der Waals surface area (Å²) in [7, 11) is 0. The van der Waals surface area contributed by atoms with Gasteiger partial charge in [0, 0.05) is 22.3 Å². The lowest BCUT2D eigenvalue weighted by atomic mass is 9.96. The predicted octanol–water partition coefficient (Wildman–Crippen LogP) is 15.5. The molecular formula is C63H38N6. The normalized spacial score (nSPS) is 11.8. The molecule has 0 saturated heterocycles. The van der Waals surface area contributed by atoms with E-state index in [1.165, 1.54) is 21.5 Å². The first-order valence-electron chi connectivity index (χ1n) is 23.3. The van der Waals surface area contributed by atoms with Gasteiger partial charge in [-0.25, -0.2) is 29.9 Å². The molecular weight excluding hydrogens is 841 g/mol. The molecule has 0 amide bonds. The average molecular weight is 879 g/mol. The molecule has 14 rings (SSSR count). The topological polar surface area (TPSA) is 77.3 Å². The zero-order valence-corrected chi connectivity index (χ0v) is 37.2. The first-order valence-corrected chi connectivity index (χ1v) is 23.3. The summed E-state index contributed by atoms with van der Waals surface area (Å²) in [5.41, 5.74) is 3.73. The van der Waals surface area contributed by atoms with Gasteiger partial charge in [0.05, 0.1) is 6.42 Å². The molecule has 0 N–H and O–H groups in total. The molecule has 2 aromatic heterocycles. The van der Waals surface area contributed by atoms with Crippen LogP contribution in [0.25, 0.3) is 132 Å². The highest BCUT2D eigenvalue weighted by Crippen LogP contribution is 2.40.